The summed E-state index contributed by atoms with van der Waals surface area (Å²) in [5.41, 5.74) is 12.9. The number of aromatic nitrogens is 3. The molecule has 0 fully saturated rings. The quantitative estimate of drug-likeness (QED) is 0.159. The summed E-state index contributed by atoms with van der Waals surface area (Å²) in [6.45, 7) is 0. The van der Waals surface area contributed by atoms with Crippen molar-refractivity contribution >= 4 is 88.5 Å². The van der Waals surface area contributed by atoms with Gasteiger partial charge >= 0.3 is 0 Å². The number of hydrogen-bond donors (Lipinski definition) is 0. The van der Waals surface area contributed by atoms with E-state index >= 15 is 0 Å². The maximum atomic E-state index is 6.58. The first-order valence-electron chi connectivity index (χ1n) is 19.5. The maximum Gasteiger partial charge on any atom is 0.164 e. The molecule has 0 amide bonds. The van der Waals surface area contributed by atoms with E-state index in [1.807, 2.05) is 72.8 Å². The lowest BCUT2D eigenvalue weighted by atomic mass is 9.59. The van der Waals surface area contributed by atoms with Gasteiger partial charge in [0.15, 0.2) is 17.5 Å². The summed E-state index contributed by atoms with van der Waals surface area (Å²) >= 11 is 0. The third kappa shape index (κ3) is 6.66. The van der Waals surface area contributed by atoms with Gasteiger partial charge in [-0.25, -0.2) is 15.0 Å². The molecule has 10 aromatic rings. The van der Waals surface area contributed by atoms with Crippen LogP contribution in [-0.2, 0) is 0 Å². The van der Waals surface area contributed by atoms with E-state index in [1.165, 1.54) is 11.1 Å². The summed E-state index contributed by atoms with van der Waals surface area (Å²) in [4.78, 5) is 15.0. The van der Waals surface area contributed by atoms with Crippen LogP contribution in [0.4, 0.5) is 0 Å². The third-order valence-electron chi connectivity index (χ3n) is 11.1. The van der Waals surface area contributed by atoms with Gasteiger partial charge in [0.2, 0.25) is 0 Å². The number of para-hydroxylation sites is 1. The van der Waals surface area contributed by atoms with Crippen LogP contribution in [0.5, 0.6) is 0 Å². The molecule has 0 saturated heterocycles. The molecule has 4 nitrogen and oxygen atoms in total. The highest BCUT2D eigenvalue weighted by Crippen LogP contribution is 2.38. The first-order valence-corrected chi connectivity index (χ1v) is 19.5. The molecule has 0 aliphatic carbocycles. The molecule has 0 unspecified atom stereocenters. The summed E-state index contributed by atoms with van der Waals surface area (Å²) in [6, 6.07) is 57.4. The molecule has 10 rings (SSSR count). The van der Waals surface area contributed by atoms with E-state index < -0.39 is 0 Å². The Hall–Kier alpha value is -7.11. The van der Waals surface area contributed by atoms with E-state index in [4.69, 9.17) is 58.6 Å². The second-order valence-electron chi connectivity index (χ2n) is 14.7. The summed E-state index contributed by atoms with van der Waals surface area (Å²) in [7, 11) is 31.4. The monoisotopic (exact) mass is 753 g/mol. The molecule has 0 saturated carbocycles. The lowest BCUT2D eigenvalue weighted by Crippen LogP contribution is -2.55. The van der Waals surface area contributed by atoms with Crippen molar-refractivity contribution in [3.63, 3.8) is 0 Å². The molecule has 0 aliphatic rings. The van der Waals surface area contributed by atoms with Crippen LogP contribution >= 0.6 is 0 Å². The Morgan fingerprint density at radius 2 is 0.750 bits per heavy atom. The maximum absolute atomic E-state index is 6.58. The third-order valence-corrected chi connectivity index (χ3v) is 11.1. The average molecular weight is 753 g/mol. The van der Waals surface area contributed by atoms with Gasteiger partial charge in [-0.1, -0.05) is 157 Å². The summed E-state index contributed by atoms with van der Waals surface area (Å²) in [5, 5.41) is 1.95. The molecule has 0 N–H and O–H groups in total. The molecular weight excluding hydrogens is 725 g/mol. The number of hydrogen-bond acceptors (Lipinski definition) is 4. The summed E-state index contributed by atoms with van der Waals surface area (Å²) < 4.78 is 6.58. The Kier molecular flexibility index (Phi) is 9.45. The lowest BCUT2D eigenvalue weighted by molar-refractivity contribution is 0.670. The van der Waals surface area contributed by atoms with Crippen molar-refractivity contribution in [3.8, 4) is 78.7 Å². The van der Waals surface area contributed by atoms with Crippen molar-refractivity contribution in [2.45, 2.75) is 0 Å². The minimum Gasteiger partial charge on any atom is -0.455 e. The Morgan fingerprint density at radius 3 is 1.35 bits per heavy atom. The van der Waals surface area contributed by atoms with Gasteiger partial charge < -0.3 is 4.42 Å². The van der Waals surface area contributed by atoms with Crippen molar-refractivity contribution < 1.29 is 4.42 Å². The second kappa shape index (κ2) is 15.2. The van der Waals surface area contributed by atoms with Crippen LogP contribution in [0.1, 0.15) is 0 Å². The van der Waals surface area contributed by atoms with Crippen LogP contribution in [0.2, 0.25) is 0 Å². The van der Waals surface area contributed by atoms with Crippen LogP contribution in [0.3, 0.4) is 0 Å². The molecule has 2 aromatic heterocycles. The number of nitrogens with zero attached hydrogens (tertiary/aromatic N) is 3. The first kappa shape index (κ1) is 37.2. The normalized spacial score (nSPS) is 11.3. The van der Waals surface area contributed by atoms with Gasteiger partial charge in [0.25, 0.3) is 0 Å². The predicted octanol–water partition coefficient (Wildman–Crippen LogP) is 7.41. The highest BCUT2D eigenvalue weighted by molar-refractivity contribution is 6.68. The zero-order chi connectivity index (χ0) is 40.9. The van der Waals surface area contributed by atoms with E-state index in [0.29, 0.717) is 28.6 Å². The lowest BCUT2D eigenvalue weighted by Gasteiger charge is -2.21. The Labute approximate surface area is 354 Å². The van der Waals surface area contributed by atoms with E-state index in [0.717, 1.165) is 60.9 Å². The van der Waals surface area contributed by atoms with Crippen LogP contribution in [0.25, 0.3) is 101 Å². The number of furan rings is 1. The first-order chi connectivity index (χ1) is 29.3. The van der Waals surface area contributed by atoms with Crippen molar-refractivity contribution in [1.29, 1.82) is 0 Å². The largest absolute Gasteiger partial charge is 0.455 e. The SMILES string of the molecule is [B]c1c([B])c([B])c(-c2cccc(-c3nc(-c4ccccc4)nc(-c4ccc5oc6c(-c7ccc(-c8ccc(-c9ccccc9)cc8)cc7)cccc6c5c4)n3)c2)c([B])c1[B]. The molecule has 60 heavy (non-hydrogen) atoms. The van der Waals surface area contributed by atoms with Crippen LogP contribution < -0.4 is 27.3 Å². The molecule has 10 radical (unpaired) electrons. The van der Waals surface area contributed by atoms with Crippen LogP contribution in [-0.4, -0.2) is 54.2 Å². The Bertz CT molecular complexity index is 3210. The zero-order valence-corrected chi connectivity index (χ0v) is 32.3. The van der Waals surface area contributed by atoms with Gasteiger partial charge in [-0.2, -0.15) is 0 Å². The van der Waals surface area contributed by atoms with Crippen molar-refractivity contribution in [3.05, 3.63) is 170 Å². The van der Waals surface area contributed by atoms with E-state index in [2.05, 4.69) is 97.1 Å². The molecule has 0 atom stereocenters. The molecular formula is C51H28B5N3O. The van der Waals surface area contributed by atoms with Gasteiger partial charge in [0.05, 0.1) is 0 Å². The fraction of sp³-hybridized carbons (Fsp3) is 0. The predicted molar refractivity (Wildman–Crippen MR) is 252 cm³/mol. The van der Waals surface area contributed by atoms with Crippen molar-refractivity contribution in [1.82, 2.24) is 15.0 Å². The smallest absolute Gasteiger partial charge is 0.164 e. The molecule has 268 valence electrons. The summed E-state index contributed by atoms with van der Waals surface area (Å²) in [5.74, 6) is 1.49. The Morgan fingerprint density at radius 1 is 0.317 bits per heavy atom. The van der Waals surface area contributed by atoms with E-state index in [-0.39, 0.29) is 27.3 Å². The highest BCUT2D eigenvalue weighted by Gasteiger charge is 2.18. The van der Waals surface area contributed by atoms with Crippen LogP contribution in [0, 0.1) is 0 Å². The van der Waals surface area contributed by atoms with Gasteiger partial charge in [-0.05, 0) is 63.2 Å². The van der Waals surface area contributed by atoms with Crippen molar-refractivity contribution in [2.75, 3.05) is 0 Å². The second-order valence-corrected chi connectivity index (χ2v) is 14.7. The number of benzene rings is 8. The standard InChI is InChI=1S/C51H28B5N3O/c52-43-42(44(53)46(55)47(56)45(43)54)35-13-7-14-36(27-35)50-57-49(34-11-5-2-6-12-34)58-51(59-50)37-25-26-41-40(28-37)39-16-8-15-38(48(39)60-41)33-23-21-32(22-24-33)31-19-17-30(18-20-31)29-9-3-1-4-10-29/h1-28H. The molecule has 2 heterocycles. The molecule has 8 aromatic carbocycles. The molecule has 0 aliphatic heterocycles. The van der Waals surface area contributed by atoms with Gasteiger partial charge in [-0.3, -0.25) is 0 Å². The summed E-state index contributed by atoms with van der Waals surface area (Å²) in [6.07, 6.45) is 0. The molecule has 0 spiro atoms. The van der Waals surface area contributed by atoms with Gasteiger partial charge in [-0.15, -0.1) is 16.4 Å². The van der Waals surface area contributed by atoms with Crippen molar-refractivity contribution in [2.24, 2.45) is 0 Å². The molecule has 9 heteroatoms. The van der Waals surface area contributed by atoms with Crippen LogP contribution in [0.15, 0.2) is 174 Å². The topological polar surface area (TPSA) is 51.8 Å². The number of rotatable bonds is 7. The van der Waals surface area contributed by atoms with Gasteiger partial charge in [0.1, 0.15) is 50.4 Å². The minimum absolute atomic E-state index is 0.161. The van der Waals surface area contributed by atoms with E-state index in [9.17, 15) is 0 Å². The van der Waals surface area contributed by atoms with Gasteiger partial charge in [0, 0.05) is 33.0 Å². The number of fused-ring (bicyclic) bond motifs is 3. The molecule has 0 bridgehead atoms. The fourth-order valence-corrected chi connectivity index (χ4v) is 7.82. The highest BCUT2D eigenvalue weighted by atomic mass is 16.3. The van der Waals surface area contributed by atoms with E-state index in [1.54, 1.807) is 0 Å². The zero-order valence-electron chi connectivity index (χ0n) is 32.3. The Balaban J connectivity index is 1.03. The average Bonchev–Trinajstić information content (AvgIpc) is 3.69. The fourth-order valence-electron chi connectivity index (χ4n) is 7.82. The minimum atomic E-state index is 0.161.